The lowest BCUT2D eigenvalue weighted by molar-refractivity contribution is -0.306. The van der Waals surface area contributed by atoms with E-state index in [4.69, 9.17) is 4.74 Å². The van der Waals surface area contributed by atoms with E-state index >= 15 is 0 Å². The van der Waals surface area contributed by atoms with Gasteiger partial charge in [-0.05, 0) is 57.4 Å². The van der Waals surface area contributed by atoms with Gasteiger partial charge in [0, 0.05) is 12.6 Å². The summed E-state index contributed by atoms with van der Waals surface area (Å²) in [4.78, 5) is 11.1. The van der Waals surface area contributed by atoms with Gasteiger partial charge in [-0.15, -0.1) is 0 Å². The molecule has 0 amide bonds. The number of carbonyl (C=O) groups excluding carboxylic acids is 1. The maximum absolute atomic E-state index is 11.1. The van der Waals surface area contributed by atoms with E-state index in [1.54, 1.807) is 0 Å². The molecule has 1 aromatic carbocycles. The first kappa shape index (κ1) is 15.0. The first-order valence-electron chi connectivity index (χ1n) is 7.28. The Morgan fingerprint density at radius 2 is 2.05 bits per heavy atom. The molecule has 0 bridgehead atoms. The smallest absolute Gasteiger partial charge is 0.0629 e. The largest absolute Gasteiger partial charge is 0.550 e. The molecule has 0 N–H and O–H groups in total. The van der Waals surface area contributed by atoms with Crippen molar-refractivity contribution in [3.8, 4) is 0 Å². The highest BCUT2D eigenvalue weighted by Crippen LogP contribution is 2.39. The van der Waals surface area contributed by atoms with Crippen molar-refractivity contribution in [2.75, 3.05) is 6.61 Å². The summed E-state index contributed by atoms with van der Waals surface area (Å²) in [5.41, 5.74) is 2.12. The van der Waals surface area contributed by atoms with E-state index in [1.165, 1.54) is 5.56 Å². The summed E-state index contributed by atoms with van der Waals surface area (Å²) in [5.74, 6) is -0.622. The van der Waals surface area contributed by atoms with E-state index in [1.807, 2.05) is 31.2 Å². The van der Waals surface area contributed by atoms with Gasteiger partial charge >= 0.3 is 0 Å². The molecule has 1 aromatic rings. The van der Waals surface area contributed by atoms with Crippen LogP contribution in [0.25, 0.3) is 0 Å². The number of hydrogen-bond donors (Lipinski definition) is 0. The lowest BCUT2D eigenvalue weighted by Crippen LogP contribution is -2.37. The first-order chi connectivity index (χ1) is 9.37. The lowest BCUT2D eigenvalue weighted by atomic mass is 9.75. The monoisotopic (exact) mass is 275 g/mol. The molecule has 0 spiro atoms. The summed E-state index contributed by atoms with van der Waals surface area (Å²) in [6.45, 7) is 6.89. The van der Waals surface area contributed by atoms with Gasteiger partial charge in [0.05, 0.1) is 5.60 Å². The molecule has 1 aliphatic heterocycles. The van der Waals surface area contributed by atoms with Gasteiger partial charge in [-0.2, -0.15) is 0 Å². The Morgan fingerprint density at radius 3 is 2.60 bits per heavy atom. The fourth-order valence-electron chi connectivity index (χ4n) is 3.17. The van der Waals surface area contributed by atoms with E-state index in [0.717, 1.165) is 18.4 Å². The van der Waals surface area contributed by atoms with Gasteiger partial charge in [0.25, 0.3) is 0 Å². The van der Waals surface area contributed by atoms with Gasteiger partial charge in [-0.25, -0.2) is 0 Å². The molecule has 0 saturated carbocycles. The third-order valence-electron chi connectivity index (χ3n) is 4.20. The third kappa shape index (κ3) is 3.83. The molecule has 0 radical (unpaired) electrons. The Morgan fingerprint density at radius 1 is 1.40 bits per heavy atom. The van der Waals surface area contributed by atoms with E-state index in [2.05, 4.69) is 13.8 Å². The maximum Gasteiger partial charge on any atom is 0.0629 e. The van der Waals surface area contributed by atoms with Gasteiger partial charge in [-0.1, -0.05) is 29.8 Å². The van der Waals surface area contributed by atoms with Crippen LogP contribution in [0.2, 0.25) is 0 Å². The SMILES string of the molecule is Cc1ccc([C@H](CC(=O)[O-])[C@H]2CCOC(C)(C)C2)cc1. The van der Waals surface area contributed by atoms with E-state index in [9.17, 15) is 9.90 Å². The van der Waals surface area contributed by atoms with Gasteiger partial charge in [0.2, 0.25) is 0 Å². The Balaban J connectivity index is 2.23. The molecule has 0 unspecified atom stereocenters. The average molecular weight is 275 g/mol. The predicted octanol–water partition coefficient (Wildman–Crippen LogP) is 2.42. The van der Waals surface area contributed by atoms with Gasteiger partial charge < -0.3 is 14.6 Å². The molecule has 2 rings (SSSR count). The molecular weight excluding hydrogens is 252 g/mol. The first-order valence-corrected chi connectivity index (χ1v) is 7.28. The second kappa shape index (κ2) is 5.96. The summed E-state index contributed by atoms with van der Waals surface area (Å²) in [5, 5.41) is 11.1. The van der Waals surface area contributed by atoms with Crippen molar-refractivity contribution < 1.29 is 14.6 Å². The van der Waals surface area contributed by atoms with E-state index in [-0.39, 0.29) is 17.9 Å². The average Bonchev–Trinajstić information content (AvgIpc) is 2.36. The highest BCUT2D eigenvalue weighted by molar-refractivity contribution is 5.65. The van der Waals surface area contributed by atoms with Crippen molar-refractivity contribution in [2.45, 2.75) is 51.6 Å². The van der Waals surface area contributed by atoms with Crippen LogP contribution in [0.3, 0.4) is 0 Å². The second-order valence-electron chi connectivity index (χ2n) is 6.45. The minimum Gasteiger partial charge on any atom is -0.550 e. The van der Waals surface area contributed by atoms with Crippen molar-refractivity contribution in [3.05, 3.63) is 35.4 Å². The number of benzene rings is 1. The molecular formula is C17H23O3-. The Kier molecular flexibility index (Phi) is 4.48. The quantitative estimate of drug-likeness (QED) is 0.848. The van der Waals surface area contributed by atoms with Gasteiger partial charge in [0.15, 0.2) is 0 Å². The third-order valence-corrected chi connectivity index (χ3v) is 4.20. The minimum absolute atomic E-state index is 0.0174. The number of carbonyl (C=O) groups is 1. The number of aryl methyl sites for hydroxylation is 1. The van der Waals surface area contributed by atoms with Crippen LogP contribution in [0.1, 0.15) is 50.2 Å². The van der Waals surface area contributed by atoms with E-state index in [0.29, 0.717) is 12.5 Å². The number of rotatable bonds is 4. The Labute approximate surface area is 121 Å². The summed E-state index contributed by atoms with van der Waals surface area (Å²) in [7, 11) is 0. The van der Waals surface area contributed by atoms with Crippen LogP contribution < -0.4 is 5.11 Å². The molecule has 1 heterocycles. The van der Waals surface area contributed by atoms with Crippen LogP contribution in [-0.4, -0.2) is 18.2 Å². The number of ether oxygens (including phenoxy) is 1. The topological polar surface area (TPSA) is 49.4 Å². The molecule has 2 atom stereocenters. The number of carboxylic acid groups (broad SMARTS) is 1. The van der Waals surface area contributed by atoms with Gasteiger partial charge in [0.1, 0.15) is 0 Å². The molecule has 1 fully saturated rings. The van der Waals surface area contributed by atoms with Gasteiger partial charge in [-0.3, -0.25) is 0 Å². The molecule has 0 aromatic heterocycles. The Hall–Kier alpha value is -1.35. The Bertz CT molecular complexity index is 462. The van der Waals surface area contributed by atoms with E-state index < -0.39 is 5.97 Å². The molecule has 20 heavy (non-hydrogen) atoms. The minimum atomic E-state index is -0.972. The maximum atomic E-state index is 11.1. The second-order valence-corrected chi connectivity index (χ2v) is 6.45. The summed E-state index contributed by atoms with van der Waals surface area (Å²) < 4.78 is 5.74. The molecule has 1 saturated heterocycles. The van der Waals surface area contributed by atoms with Crippen molar-refractivity contribution in [1.82, 2.24) is 0 Å². The zero-order valence-electron chi connectivity index (χ0n) is 12.5. The molecule has 0 aliphatic carbocycles. The molecule has 3 nitrogen and oxygen atoms in total. The summed E-state index contributed by atoms with van der Waals surface area (Å²) >= 11 is 0. The zero-order chi connectivity index (χ0) is 14.8. The standard InChI is InChI=1S/C17H24O3/c1-12-4-6-13(7-5-12)15(10-16(18)19)14-8-9-20-17(2,3)11-14/h4-7,14-15H,8-11H2,1-3H3,(H,18,19)/p-1/t14-,15-/m0/s1. The molecule has 110 valence electrons. The van der Waals surface area contributed by atoms with Crippen LogP contribution in [0.5, 0.6) is 0 Å². The zero-order valence-corrected chi connectivity index (χ0v) is 12.5. The van der Waals surface area contributed by atoms with Crippen molar-refractivity contribution in [1.29, 1.82) is 0 Å². The van der Waals surface area contributed by atoms with Crippen molar-refractivity contribution >= 4 is 5.97 Å². The summed E-state index contributed by atoms with van der Waals surface area (Å²) in [6.07, 6.45) is 1.89. The fourth-order valence-corrected chi connectivity index (χ4v) is 3.17. The van der Waals surface area contributed by atoms with Crippen molar-refractivity contribution in [2.24, 2.45) is 5.92 Å². The van der Waals surface area contributed by atoms with Crippen LogP contribution in [-0.2, 0) is 9.53 Å². The van der Waals surface area contributed by atoms with Crippen LogP contribution in [0.4, 0.5) is 0 Å². The number of hydrogen-bond acceptors (Lipinski definition) is 3. The van der Waals surface area contributed by atoms with Crippen molar-refractivity contribution in [3.63, 3.8) is 0 Å². The van der Waals surface area contributed by atoms with Crippen LogP contribution in [0.15, 0.2) is 24.3 Å². The number of carboxylic acids is 1. The van der Waals surface area contributed by atoms with Crippen LogP contribution >= 0.6 is 0 Å². The lowest BCUT2D eigenvalue weighted by Gasteiger charge is -2.39. The fraction of sp³-hybridized carbons (Fsp3) is 0.588. The van der Waals surface area contributed by atoms with Crippen LogP contribution in [0, 0.1) is 12.8 Å². The molecule has 3 heteroatoms. The summed E-state index contributed by atoms with van der Waals surface area (Å²) in [6, 6.07) is 8.18. The predicted molar refractivity (Wildman–Crippen MR) is 76.3 cm³/mol. The highest BCUT2D eigenvalue weighted by Gasteiger charge is 2.34. The highest BCUT2D eigenvalue weighted by atomic mass is 16.5. The number of aliphatic carboxylic acids is 1. The molecule has 1 aliphatic rings. The normalized spacial score (nSPS) is 23.2.